The first-order chi connectivity index (χ1) is 12.1. The molecule has 1 saturated heterocycles. The van der Waals surface area contributed by atoms with Crippen LogP contribution in [0, 0.1) is 5.92 Å². The van der Waals surface area contributed by atoms with E-state index >= 15 is 0 Å². The van der Waals surface area contributed by atoms with Crippen LogP contribution in [0.4, 0.5) is 0 Å². The molecular formula is C19H24N2O4. The number of ether oxygens (including phenoxy) is 1. The van der Waals surface area contributed by atoms with Crippen molar-refractivity contribution >= 4 is 16.9 Å². The number of benzene rings is 1. The third-order valence-electron chi connectivity index (χ3n) is 4.91. The summed E-state index contributed by atoms with van der Waals surface area (Å²) in [6, 6.07) is 7.46. The van der Waals surface area contributed by atoms with Crippen molar-refractivity contribution in [1.82, 2.24) is 9.88 Å². The summed E-state index contributed by atoms with van der Waals surface area (Å²) in [7, 11) is 1.61. The number of hydrogen-bond donors (Lipinski definition) is 2. The zero-order valence-corrected chi connectivity index (χ0v) is 14.4. The highest BCUT2D eigenvalue weighted by Gasteiger charge is 2.25. The molecular weight excluding hydrogens is 320 g/mol. The van der Waals surface area contributed by atoms with Gasteiger partial charge in [0.2, 0.25) is 0 Å². The summed E-state index contributed by atoms with van der Waals surface area (Å²) < 4.78 is 5.27. The average molecular weight is 344 g/mol. The van der Waals surface area contributed by atoms with Crippen molar-refractivity contribution in [3.63, 3.8) is 0 Å². The van der Waals surface area contributed by atoms with Crippen LogP contribution in [-0.4, -0.2) is 52.8 Å². The van der Waals surface area contributed by atoms with Crippen molar-refractivity contribution in [2.75, 3.05) is 26.7 Å². The van der Waals surface area contributed by atoms with Gasteiger partial charge in [-0.3, -0.25) is 9.78 Å². The molecule has 2 atom stereocenters. The zero-order valence-electron chi connectivity index (χ0n) is 14.4. The van der Waals surface area contributed by atoms with Gasteiger partial charge >= 0.3 is 5.97 Å². The van der Waals surface area contributed by atoms with Crippen LogP contribution in [0.2, 0.25) is 0 Å². The first-order valence-corrected chi connectivity index (χ1v) is 8.64. The van der Waals surface area contributed by atoms with Gasteiger partial charge in [-0.25, -0.2) is 0 Å². The van der Waals surface area contributed by atoms with E-state index in [1.165, 1.54) is 0 Å². The minimum Gasteiger partial charge on any atom is -0.497 e. The summed E-state index contributed by atoms with van der Waals surface area (Å²) in [6.45, 7) is 2.13. The Kier molecular flexibility index (Phi) is 5.50. The second-order valence-electron chi connectivity index (χ2n) is 6.57. The van der Waals surface area contributed by atoms with E-state index in [0.717, 1.165) is 41.6 Å². The van der Waals surface area contributed by atoms with Gasteiger partial charge in [0.15, 0.2) is 0 Å². The van der Waals surface area contributed by atoms with Gasteiger partial charge in [0, 0.05) is 24.7 Å². The Bertz CT molecular complexity index is 749. The number of pyridine rings is 1. The van der Waals surface area contributed by atoms with Crippen molar-refractivity contribution in [2.45, 2.75) is 25.4 Å². The minimum absolute atomic E-state index is 0.295. The van der Waals surface area contributed by atoms with E-state index in [0.29, 0.717) is 19.5 Å². The monoisotopic (exact) mass is 344 g/mol. The Hall–Kier alpha value is -2.18. The third-order valence-corrected chi connectivity index (χ3v) is 4.91. The molecule has 0 bridgehead atoms. The summed E-state index contributed by atoms with van der Waals surface area (Å²) in [5.41, 5.74) is 1.65. The molecule has 0 amide bonds. The Morgan fingerprint density at radius 3 is 3.04 bits per heavy atom. The van der Waals surface area contributed by atoms with Gasteiger partial charge in [-0.15, -0.1) is 0 Å². The second-order valence-corrected chi connectivity index (χ2v) is 6.57. The van der Waals surface area contributed by atoms with Crippen LogP contribution in [0.15, 0.2) is 30.5 Å². The molecule has 0 radical (unpaired) electrons. The summed E-state index contributed by atoms with van der Waals surface area (Å²) in [6.07, 6.45) is 3.27. The van der Waals surface area contributed by atoms with Crippen molar-refractivity contribution in [1.29, 1.82) is 0 Å². The van der Waals surface area contributed by atoms with E-state index < -0.39 is 12.1 Å². The largest absolute Gasteiger partial charge is 0.497 e. The van der Waals surface area contributed by atoms with Crippen LogP contribution in [0.3, 0.4) is 0 Å². The maximum atomic E-state index is 11.2. The lowest BCUT2D eigenvalue weighted by Gasteiger charge is -2.31. The SMILES string of the molecule is COc1ccc2nccc([C@@H](O)CCN3CCCC(C(=O)O)C3)c2c1. The van der Waals surface area contributed by atoms with Crippen LogP contribution in [-0.2, 0) is 4.79 Å². The average Bonchev–Trinajstić information content (AvgIpc) is 2.65. The van der Waals surface area contributed by atoms with Crippen LogP contribution >= 0.6 is 0 Å². The number of aromatic nitrogens is 1. The normalized spacial score (nSPS) is 19.7. The summed E-state index contributed by atoms with van der Waals surface area (Å²) in [5, 5.41) is 20.7. The maximum Gasteiger partial charge on any atom is 0.307 e. The Labute approximate surface area is 147 Å². The molecule has 6 heteroatoms. The fourth-order valence-corrected chi connectivity index (χ4v) is 3.48. The maximum absolute atomic E-state index is 11.2. The number of rotatable bonds is 6. The first kappa shape index (κ1) is 17.6. The lowest BCUT2D eigenvalue weighted by Crippen LogP contribution is -2.39. The van der Waals surface area contributed by atoms with E-state index in [-0.39, 0.29) is 5.92 Å². The number of aliphatic hydroxyl groups is 1. The molecule has 0 spiro atoms. The molecule has 1 aromatic carbocycles. The number of carbonyl (C=O) groups is 1. The standard InChI is InChI=1S/C19H24N2O4/c1-25-14-4-5-17-16(11-14)15(6-8-20-17)18(22)7-10-21-9-2-3-13(12-21)19(23)24/h4-6,8,11,13,18,22H,2-3,7,9-10,12H2,1H3,(H,23,24)/t13?,18-/m0/s1. The number of hydrogen-bond acceptors (Lipinski definition) is 5. The van der Waals surface area contributed by atoms with E-state index in [1.54, 1.807) is 13.3 Å². The molecule has 2 aromatic rings. The molecule has 0 saturated carbocycles. The summed E-state index contributed by atoms with van der Waals surface area (Å²) in [4.78, 5) is 17.6. The van der Waals surface area contributed by atoms with Crippen molar-refractivity contribution in [3.05, 3.63) is 36.0 Å². The number of aliphatic hydroxyl groups excluding tert-OH is 1. The van der Waals surface area contributed by atoms with Crippen LogP contribution in [0.1, 0.15) is 30.9 Å². The van der Waals surface area contributed by atoms with E-state index in [1.807, 2.05) is 24.3 Å². The molecule has 1 unspecified atom stereocenters. The third kappa shape index (κ3) is 4.08. The number of methoxy groups -OCH3 is 1. The van der Waals surface area contributed by atoms with Crippen molar-refractivity contribution < 1.29 is 19.7 Å². The Balaban J connectivity index is 1.70. The van der Waals surface area contributed by atoms with Gasteiger partial charge in [0.25, 0.3) is 0 Å². The smallest absolute Gasteiger partial charge is 0.307 e. The highest BCUT2D eigenvalue weighted by atomic mass is 16.5. The fourth-order valence-electron chi connectivity index (χ4n) is 3.48. The highest BCUT2D eigenvalue weighted by Crippen LogP contribution is 2.28. The number of likely N-dealkylation sites (tertiary alicyclic amines) is 1. The molecule has 1 aliphatic rings. The number of carboxylic acid groups (broad SMARTS) is 1. The van der Waals surface area contributed by atoms with Gasteiger partial charge in [-0.2, -0.15) is 0 Å². The molecule has 1 aliphatic heterocycles. The number of piperidine rings is 1. The van der Waals surface area contributed by atoms with Crippen LogP contribution < -0.4 is 4.74 Å². The Morgan fingerprint density at radius 2 is 2.28 bits per heavy atom. The van der Waals surface area contributed by atoms with Gasteiger partial charge in [-0.05, 0) is 55.6 Å². The molecule has 25 heavy (non-hydrogen) atoms. The fraction of sp³-hybridized carbons (Fsp3) is 0.474. The molecule has 3 rings (SSSR count). The van der Waals surface area contributed by atoms with Gasteiger partial charge in [0.05, 0.1) is 24.6 Å². The second kappa shape index (κ2) is 7.80. The van der Waals surface area contributed by atoms with E-state index in [4.69, 9.17) is 4.74 Å². The molecule has 0 aliphatic carbocycles. The quantitative estimate of drug-likeness (QED) is 0.838. The minimum atomic E-state index is -0.725. The van der Waals surface area contributed by atoms with Gasteiger partial charge < -0.3 is 19.8 Å². The topological polar surface area (TPSA) is 82.9 Å². The van der Waals surface area contributed by atoms with Gasteiger partial charge in [-0.1, -0.05) is 0 Å². The molecule has 2 N–H and O–H groups in total. The molecule has 1 fully saturated rings. The van der Waals surface area contributed by atoms with Crippen LogP contribution in [0.5, 0.6) is 5.75 Å². The molecule has 1 aromatic heterocycles. The summed E-state index contributed by atoms with van der Waals surface area (Å²) in [5.74, 6) is -0.288. The van der Waals surface area contributed by atoms with E-state index in [2.05, 4.69) is 9.88 Å². The van der Waals surface area contributed by atoms with Gasteiger partial charge in [0.1, 0.15) is 5.75 Å². The van der Waals surface area contributed by atoms with Crippen molar-refractivity contribution in [3.8, 4) is 5.75 Å². The predicted molar refractivity (Wildman–Crippen MR) is 94.7 cm³/mol. The molecule has 2 heterocycles. The lowest BCUT2D eigenvalue weighted by atomic mass is 9.97. The first-order valence-electron chi connectivity index (χ1n) is 8.64. The van der Waals surface area contributed by atoms with Crippen molar-refractivity contribution in [2.24, 2.45) is 5.92 Å². The molecule has 6 nitrogen and oxygen atoms in total. The predicted octanol–water partition coefficient (Wildman–Crippen LogP) is 2.46. The zero-order chi connectivity index (χ0) is 17.8. The Morgan fingerprint density at radius 1 is 1.44 bits per heavy atom. The summed E-state index contributed by atoms with van der Waals surface area (Å²) >= 11 is 0. The number of aliphatic carboxylic acids is 1. The number of fused-ring (bicyclic) bond motifs is 1. The van der Waals surface area contributed by atoms with E-state index in [9.17, 15) is 15.0 Å². The lowest BCUT2D eigenvalue weighted by molar-refractivity contribution is -0.143. The highest BCUT2D eigenvalue weighted by molar-refractivity contribution is 5.83. The number of carboxylic acids is 1. The number of nitrogens with zero attached hydrogens (tertiary/aromatic N) is 2. The van der Waals surface area contributed by atoms with Crippen LogP contribution in [0.25, 0.3) is 10.9 Å². The molecule has 134 valence electrons.